The average Bonchev–Trinajstić information content (AvgIpc) is 0.779. The highest BCUT2D eigenvalue weighted by Crippen LogP contribution is 2.54. The van der Waals surface area contributed by atoms with E-state index in [2.05, 4.69) is 79.3 Å². The van der Waals surface area contributed by atoms with Crippen molar-refractivity contribution in [1.29, 1.82) is 0 Å². The molecule has 112 heavy (non-hydrogen) atoms. The van der Waals surface area contributed by atoms with Crippen molar-refractivity contribution >= 4 is 45.7 Å². The van der Waals surface area contributed by atoms with Crippen LogP contribution in [0.25, 0.3) is 0 Å². The van der Waals surface area contributed by atoms with Gasteiger partial charge in [-0.25, -0.2) is 18.7 Å². The molecule has 2 aliphatic heterocycles. The van der Waals surface area contributed by atoms with E-state index in [1.54, 1.807) is 7.11 Å². The Morgan fingerprint density at radius 2 is 0.786 bits per heavy atom. The minimum atomic E-state index is -4.84. The second kappa shape index (κ2) is 68.4. The van der Waals surface area contributed by atoms with Crippen molar-refractivity contribution in [3.05, 3.63) is 88.1 Å². The molecule has 0 N–H and O–H groups in total. The molecule has 0 unspecified atom stereocenters. The summed E-state index contributed by atoms with van der Waals surface area (Å²) in [6, 6.07) is 0. The summed E-state index contributed by atoms with van der Waals surface area (Å²) in [6.07, 6.45) is 27.4. The first-order chi connectivity index (χ1) is 54.5. The van der Waals surface area contributed by atoms with E-state index in [1.165, 1.54) is 75.0 Å². The number of esters is 2. The molecule has 2 saturated heterocycles. The molecule has 27 heteroatoms. The predicted molar refractivity (Wildman–Crippen MR) is 435 cm³/mol. The van der Waals surface area contributed by atoms with E-state index in [0.29, 0.717) is 38.5 Å². The second-order valence-electron chi connectivity index (χ2n) is 28.5. The third-order valence-corrected chi connectivity index (χ3v) is 21.7. The second-order valence-corrected chi connectivity index (χ2v) is 31.7. The molecule has 25 nitrogen and oxygen atoms in total. The van der Waals surface area contributed by atoms with Crippen LogP contribution in [0.5, 0.6) is 0 Å². The lowest BCUT2D eigenvalue weighted by molar-refractivity contribution is -0.330. The molecule has 0 aliphatic carbocycles. The van der Waals surface area contributed by atoms with Crippen LogP contribution in [0.4, 0.5) is 9.59 Å². The number of unbranched alkanes of at least 4 members (excludes halogenated alkanes) is 30. The predicted octanol–water partition coefficient (Wildman–Crippen LogP) is 21.3. The molecular formula is C85H146O25P2. The molecule has 2 heterocycles. The normalized spacial score (nSPS) is 20.2. The van der Waals surface area contributed by atoms with E-state index in [1.807, 2.05) is 0 Å². The van der Waals surface area contributed by atoms with Gasteiger partial charge in [0.25, 0.3) is 0 Å². The highest BCUT2D eigenvalue weighted by atomic mass is 31.2. The zero-order chi connectivity index (χ0) is 82.0. The molecule has 0 amide bonds. The summed E-state index contributed by atoms with van der Waals surface area (Å²) in [7, 11) is -8.00. The molecule has 2 fully saturated rings. The summed E-state index contributed by atoms with van der Waals surface area (Å²) < 4.78 is 141. The number of ketones is 1. The molecule has 0 aromatic rings. The van der Waals surface area contributed by atoms with Crippen LogP contribution in [0.1, 0.15) is 285 Å². The maximum absolute atomic E-state index is 15.0. The Labute approximate surface area is 673 Å². The SMILES string of the molecule is C=CCOC(=O)OC[C@H]1O[C@@H](OC[C@H]2O[C@H](OP(=O)(OCC=C)OCC=C)[C@H](OC(=O)CC(=O)CCCCCCCCCCC)[C@@H](OCCCCCCCCCC)[C@@H]2OC(=O)OCC=C)[C@H](OC(=O)CCCCCCCCC/C=C\CCCCCC)[C@@H](OCC[C@@H](CCCCCCC)OC)[C@@H]1OP(=O)(OCC=C)OCC=C. The van der Waals surface area contributed by atoms with Gasteiger partial charge >= 0.3 is 39.9 Å². The molecule has 2 rings (SSSR count). The first kappa shape index (κ1) is 103. The van der Waals surface area contributed by atoms with Crippen molar-refractivity contribution in [1.82, 2.24) is 0 Å². The summed E-state index contributed by atoms with van der Waals surface area (Å²) in [5.41, 5.74) is 0. The van der Waals surface area contributed by atoms with E-state index >= 15 is 4.57 Å². The highest BCUT2D eigenvalue weighted by Gasteiger charge is 2.57. The Morgan fingerprint density at radius 1 is 0.375 bits per heavy atom. The molecule has 0 aromatic carbocycles. The van der Waals surface area contributed by atoms with Crippen LogP contribution in [0.3, 0.4) is 0 Å². The van der Waals surface area contributed by atoms with Gasteiger partial charge < -0.3 is 56.8 Å². The van der Waals surface area contributed by atoms with E-state index in [-0.39, 0.29) is 78.2 Å². The van der Waals surface area contributed by atoms with Gasteiger partial charge in [0, 0.05) is 33.2 Å². The van der Waals surface area contributed by atoms with Crippen LogP contribution in [-0.4, -0.2) is 171 Å². The third-order valence-electron chi connectivity index (χ3n) is 18.8. The van der Waals surface area contributed by atoms with Crippen molar-refractivity contribution in [3.63, 3.8) is 0 Å². The van der Waals surface area contributed by atoms with Crippen LogP contribution >= 0.6 is 15.6 Å². The lowest BCUT2D eigenvalue weighted by Gasteiger charge is -2.47. The van der Waals surface area contributed by atoms with Crippen molar-refractivity contribution in [2.45, 2.75) is 352 Å². The fourth-order valence-electron chi connectivity index (χ4n) is 12.7. The van der Waals surface area contributed by atoms with Gasteiger partial charge in [-0.15, -0.1) is 26.3 Å². The van der Waals surface area contributed by atoms with Gasteiger partial charge in [0.15, 0.2) is 24.6 Å². The van der Waals surface area contributed by atoms with Crippen molar-refractivity contribution in [3.8, 4) is 0 Å². The van der Waals surface area contributed by atoms with Crippen molar-refractivity contribution < 1.29 is 117 Å². The number of carbonyl (C=O) groups excluding carboxylic acids is 5. The van der Waals surface area contributed by atoms with Crippen LogP contribution in [-0.2, 0) is 107 Å². The molecule has 0 spiro atoms. The Bertz CT molecular complexity index is 2610. The number of carbonyl (C=O) groups is 5. The minimum absolute atomic E-state index is 0.0391. The van der Waals surface area contributed by atoms with Crippen LogP contribution in [0.15, 0.2) is 88.1 Å². The molecule has 646 valence electrons. The van der Waals surface area contributed by atoms with Gasteiger partial charge in [-0.2, -0.15) is 0 Å². The zero-order valence-corrected chi connectivity index (χ0v) is 71.0. The summed E-state index contributed by atoms with van der Waals surface area (Å²) >= 11 is 0. The average molecular weight is 1630 g/mol. The van der Waals surface area contributed by atoms with Gasteiger partial charge in [0.2, 0.25) is 6.29 Å². The zero-order valence-electron chi connectivity index (χ0n) is 69.2. The fraction of sp³-hybridized carbons (Fsp3) is 0.776. The Morgan fingerprint density at radius 3 is 1.30 bits per heavy atom. The smallest absolute Gasteiger partial charge is 0.454 e. The van der Waals surface area contributed by atoms with E-state index in [9.17, 15) is 28.5 Å². The topological polar surface area (TPSA) is 286 Å². The van der Waals surface area contributed by atoms with Gasteiger partial charge in [-0.3, -0.25) is 41.5 Å². The molecule has 2 aliphatic rings. The lowest BCUT2D eigenvalue weighted by Crippen LogP contribution is -2.64. The van der Waals surface area contributed by atoms with E-state index in [0.717, 1.165) is 154 Å². The molecule has 11 atom stereocenters. The summed E-state index contributed by atoms with van der Waals surface area (Å²) in [5, 5.41) is 0. The molecule has 0 aromatic heterocycles. The standard InChI is InChI=1S/C85H146O25P2/c1-12-22-26-30-33-36-37-38-39-40-41-43-45-49-53-57-74(87)106-80-79(95-66-58-71(93-11)56-52-47-29-25-15-4)77(109-111(91,100-61-18-7)101-62-19-8)73(69-99-84(89)96-59-16-5)104-82(80)98-68-72-76(108-85(90)97-60-17-6)78(94-65-54-50-46-35-32-28-24-14-3)81(83(105-72)110-112(92,102-63-20-9)103-64-21-10)107-75(88)67-70(86)55-51-48-44-42-34-31-27-23-13-2/h16-21,36-37,71-73,76-83H,5-10,12-15,22-35,38-69H2,1-4,11H3/b37-36-/t71-,72-,73-,76-,77-,78+,79+,80-,81-,82-,83-/m1/s1. The first-order valence-electron chi connectivity index (χ1n) is 42.2. The third kappa shape index (κ3) is 48.8. The number of methoxy groups -OCH3 is 1. The first-order valence-corrected chi connectivity index (χ1v) is 45.1. The molecule has 0 saturated carbocycles. The number of hydrogen-bond donors (Lipinski definition) is 0. The monoisotopic (exact) mass is 1630 g/mol. The lowest BCUT2D eigenvalue weighted by atomic mass is 9.97. The number of rotatable bonds is 76. The number of phosphoric acid groups is 2. The molecule has 0 bridgehead atoms. The number of phosphoric ester groups is 2. The van der Waals surface area contributed by atoms with E-state index in [4.69, 9.17) is 84.0 Å². The molecule has 0 radical (unpaired) electrons. The van der Waals surface area contributed by atoms with Gasteiger partial charge in [-0.05, 0) is 57.8 Å². The Hall–Kier alpha value is -4.69. The van der Waals surface area contributed by atoms with Gasteiger partial charge in [0.1, 0.15) is 62.5 Å². The highest BCUT2D eigenvalue weighted by molar-refractivity contribution is 7.48. The number of hydrogen-bond acceptors (Lipinski definition) is 25. The Balaban J connectivity index is 3.04. The summed E-state index contributed by atoms with van der Waals surface area (Å²) in [6.45, 7) is 27.2. The molecular weight excluding hydrogens is 1480 g/mol. The van der Waals surface area contributed by atoms with Gasteiger partial charge in [0.05, 0.1) is 39.1 Å². The van der Waals surface area contributed by atoms with E-state index < -0.39 is 127 Å². The summed E-state index contributed by atoms with van der Waals surface area (Å²) in [4.78, 5) is 70.4. The summed E-state index contributed by atoms with van der Waals surface area (Å²) in [5.74, 6) is -2.16. The van der Waals surface area contributed by atoms with Crippen LogP contribution < -0.4 is 0 Å². The van der Waals surface area contributed by atoms with Crippen molar-refractivity contribution in [2.24, 2.45) is 0 Å². The maximum atomic E-state index is 15.0. The van der Waals surface area contributed by atoms with Crippen LogP contribution in [0, 0.1) is 0 Å². The fourth-order valence-corrected chi connectivity index (χ4v) is 15.3. The quantitative estimate of drug-likeness (QED) is 0.0136. The maximum Gasteiger partial charge on any atom is 0.509 e. The number of allylic oxidation sites excluding steroid dienone is 2. The number of ether oxygens (including phenoxy) is 12. The van der Waals surface area contributed by atoms with Crippen LogP contribution in [0.2, 0.25) is 0 Å². The largest absolute Gasteiger partial charge is 0.509 e. The number of Topliss-reactive ketones (excluding diaryl/α,β-unsaturated/α-hetero) is 1. The Kier molecular flexibility index (Phi) is 63.1. The minimum Gasteiger partial charge on any atom is -0.454 e. The van der Waals surface area contributed by atoms with Crippen molar-refractivity contribution in [2.75, 3.05) is 73.2 Å². The van der Waals surface area contributed by atoms with Gasteiger partial charge in [-0.1, -0.05) is 269 Å².